The maximum Gasteiger partial charge on any atom is 0.137 e. The van der Waals surface area contributed by atoms with Crippen molar-refractivity contribution in [3.8, 4) is 11.8 Å². The number of hydrogen-bond donors (Lipinski definition) is 1. The van der Waals surface area contributed by atoms with E-state index in [2.05, 4.69) is 37.9 Å². The number of halogens is 2. The van der Waals surface area contributed by atoms with E-state index in [9.17, 15) is 5.11 Å². The third-order valence-electron chi connectivity index (χ3n) is 3.74. The number of hydrogen-bond acceptors (Lipinski definition) is 3. The van der Waals surface area contributed by atoms with Crippen molar-refractivity contribution < 1.29 is 5.11 Å². The summed E-state index contributed by atoms with van der Waals surface area (Å²) in [5.74, 6) is 6.25. The van der Waals surface area contributed by atoms with Crippen LogP contribution in [0.1, 0.15) is 29.7 Å². The SMILES string of the molecule is OC(c1ccc(Cl)cc1)C(CC#Cc1ccc(Br)cc1)n1cncn1. The highest BCUT2D eigenvalue weighted by Crippen LogP contribution is 2.29. The van der Waals surface area contributed by atoms with Gasteiger partial charge in [-0.3, -0.25) is 0 Å². The van der Waals surface area contributed by atoms with Gasteiger partial charge in [-0.1, -0.05) is 51.5 Å². The standard InChI is InChI=1S/C19H15BrClN3O/c20-16-8-4-14(5-9-16)2-1-3-18(24-13-22-12-23-24)19(25)15-6-10-17(21)11-7-15/h4-13,18-19,25H,3H2. The minimum absolute atomic E-state index is 0.341. The van der Waals surface area contributed by atoms with Gasteiger partial charge >= 0.3 is 0 Å². The Labute approximate surface area is 159 Å². The van der Waals surface area contributed by atoms with E-state index in [-0.39, 0.29) is 6.04 Å². The van der Waals surface area contributed by atoms with Crippen molar-refractivity contribution in [3.63, 3.8) is 0 Å². The van der Waals surface area contributed by atoms with Gasteiger partial charge in [0.15, 0.2) is 0 Å². The highest BCUT2D eigenvalue weighted by atomic mass is 79.9. The summed E-state index contributed by atoms with van der Waals surface area (Å²) in [7, 11) is 0. The second-order valence-electron chi connectivity index (χ2n) is 5.45. The number of aliphatic hydroxyl groups excluding tert-OH is 1. The van der Waals surface area contributed by atoms with Crippen molar-refractivity contribution in [3.05, 3.63) is 81.8 Å². The molecule has 4 nitrogen and oxygen atoms in total. The maximum atomic E-state index is 10.8. The molecule has 0 spiro atoms. The van der Waals surface area contributed by atoms with E-state index in [1.807, 2.05) is 24.3 Å². The van der Waals surface area contributed by atoms with Gasteiger partial charge in [-0.15, -0.1) is 0 Å². The van der Waals surface area contributed by atoms with Crippen molar-refractivity contribution in [1.82, 2.24) is 14.8 Å². The Morgan fingerprint density at radius 2 is 1.84 bits per heavy atom. The summed E-state index contributed by atoms with van der Waals surface area (Å²) >= 11 is 9.33. The molecule has 2 aromatic carbocycles. The summed E-state index contributed by atoms with van der Waals surface area (Å²) in [6.07, 6.45) is 2.70. The first-order valence-corrected chi connectivity index (χ1v) is 8.82. The first kappa shape index (κ1) is 17.7. The predicted octanol–water partition coefficient (Wildman–Crippen LogP) is 4.41. The summed E-state index contributed by atoms with van der Waals surface area (Å²) in [5, 5.41) is 15.6. The topological polar surface area (TPSA) is 50.9 Å². The molecule has 2 unspecified atom stereocenters. The van der Waals surface area contributed by atoms with Crippen LogP contribution in [-0.4, -0.2) is 19.9 Å². The Bertz CT molecular complexity index is 868. The van der Waals surface area contributed by atoms with E-state index in [0.717, 1.165) is 15.6 Å². The fraction of sp³-hybridized carbons (Fsp3) is 0.158. The molecule has 3 aromatic rings. The molecule has 0 amide bonds. The maximum absolute atomic E-state index is 10.8. The number of aliphatic hydroxyl groups is 1. The highest BCUT2D eigenvalue weighted by molar-refractivity contribution is 9.10. The van der Waals surface area contributed by atoms with Crippen molar-refractivity contribution in [2.75, 3.05) is 0 Å². The van der Waals surface area contributed by atoms with Crippen LogP contribution in [0.4, 0.5) is 0 Å². The first-order valence-electron chi connectivity index (χ1n) is 7.65. The average Bonchev–Trinajstić information content (AvgIpc) is 3.15. The predicted molar refractivity (Wildman–Crippen MR) is 101 cm³/mol. The number of benzene rings is 2. The van der Waals surface area contributed by atoms with Crippen molar-refractivity contribution >= 4 is 27.5 Å². The smallest absolute Gasteiger partial charge is 0.137 e. The zero-order valence-corrected chi connectivity index (χ0v) is 15.5. The van der Waals surface area contributed by atoms with Gasteiger partial charge in [-0.25, -0.2) is 9.67 Å². The van der Waals surface area contributed by atoms with E-state index in [1.54, 1.807) is 35.3 Å². The fourth-order valence-corrected chi connectivity index (χ4v) is 2.80. The fourth-order valence-electron chi connectivity index (χ4n) is 2.41. The summed E-state index contributed by atoms with van der Waals surface area (Å²) in [4.78, 5) is 3.98. The van der Waals surface area contributed by atoms with Crippen LogP contribution in [0.15, 0.2) is 65.7 Å². The lowest BCUT2D eigenvalue weighted by molar-refractivity contribution is 0.108. The number of rotatable bonds is 4. The summed E-state index contributed by atoms with van der Waals surface area (Å²) in [6, 6.07) is 14.6. The molecule has 126 valence electrons. The molecule has 3 rings (SSSR count). The molecule has 0 saturated carbocycles. The molecule has 0 aliphatic carbocycles. The van der Waals surface area contributed by atoms with Crippen LogP contribution >= 0.6 is 27.5 Å². The minimum atomic E-state index is -0.766. The Balaban J connectivity index is 1.81. The lowest BCUT2D eigenvalue weighted by Gasteiger charge is -2.21. The van der Waals surface area contributed by atoms with Gasteiger partial charge < -0.3 is 5.11 Å². The van der Waals surface area contributed by atoms with Gasteiger partial charge in [0, 0.05) is 21.5 Å². The molecule has 0 radical (unpaired) electrons. The van der Waals surface area contributed by atoms with Crippen molar-refractivity contribution in [2.24, 2.45) is 0 Å². The van der Waals surface area contributed by atoms with Crippen LogP contribution in [0.25, 0.3) is 0 Å². The molecule has 1 aromatic heterocycles. The summed E-state index contributed by atoms with van der Waals surface area (Å²) in [6.45, 7) is 0. The van der Waals surface area contributed by atoms with E-state index >= 15 is 0 Å². The van der Waals surface area contributed by atoms with Gasteiger partial charge in [0.25, 0.3) is 0 Å². The van der Waals surface area contributed by atoms with Gasteiger partial charge in [0.2, 0.25) is 0 Å². The Morgan fingerprint density at radius 1 is 1.12 bits per heavy atom. The van der Waals surface area contributed by atoms with Crippen LogP contribution in [0, 0.1) is 11.8 Å². The molecule has 1 N–H and O–H groups in total. The van der Waals surface area contributed by atoms with Gasteiger partial charge in [-0.2, -0.15) is 5.10 Å². The number of aromatic nitrogens is 3. The molecule has 6 heteroatoms. The Kier molecular flexibility index (Phi) is 5.87. The molecule has 0 saturated heterocycles. The van der Waals surface area contributed by atoms with E-state index in [4.69, 9.17) is 11.6 Å². The van der Waals surface area contributed by atoms with Crippen LogP contribution in [0.3, 0.4) is 0 Å². The van der Waals surface area contributed by atoms with Gasteiger partial charge in [0.1, 0.15) is 18.8 Å². The summed E-state index contributed by atoms with van der Waals surface area (Å²) < 4.78 is 2.65. The zero-order chi connectivity index (χ0) is 17.6. The van der Waals surface area contributed by atoms with Gasteiger partial charge in [-0.05, 0) is 42.0 Å². The zero-order valence-electron chi connectivity index (χ0n) is 13.2. The lowest BCUT2D eigenvalue weighted by atomic mass is 10.00. The molecular formula is C19H15BrClN3O. The van der Waals surface area contributed by atoms with Crippen LogP contribution in [0.5, 0.6) is 0 Å². The molecule has 2 atom stereocenters. The van der Waals surface area contributed by atoms with E-state index in [0.29, 0.717) is 11.4 Å². The Hall–Kier alpha value is -2.13. The van der Waals surface area contributed by atoms with Crippen molar-refractivity contribution in [2.45, 2.75) is 18.6 Å². The minimum Gasteiger partial charge on any atom is -0.386 e. The quantitative estimate of drug-likeness (QED) is 0.641. The largest absolute Gasteiger partial charge is 0.386 e. The van der Waals surface area contributed by atoms with Crippen LogP contribution in [0.2, 0.25) is 5.02 Å². The Morgan fingerprint density at radius 3 is 2.48 bits per heavy atom. The highest BCUT2D eigenvalue weighted by Gasteiger charge is 2.22. The molecule has 0 fully saturated rings. The van der Waals surface area contributed by atoms with Crippen LogP contribution < -0.4 is 0 Å². The lowest BCUT2D eigenvalue weighted by Crippen LogP contribution is -2.18. The average molecular weight is 417 g/mol. The second-order valence-corrected chi connectivity index (χ2v) is 6.80. The molecule has 25 heavy (non-hydrogen) atoms. The van der Waals surface area contributed by atoms with E-state index in [1.165, 1.54) is 6.33 Å². The first-order chi connectivity index (χ1) is 12.1. The third kappa shape index (κ3) is 4.70. The van der Waals surface area contributed by atoms with Crippen LogP contribution in [-0.2, 0) is 0 Å². The van der Waals surface area contributed by atoms with E-state index < -0.39 is 6.10 Å². The second kappa shape index (κ2) is 8.30. The molecule has 0 bridgehead atoms. The molecular weight excluding hydrogens is 402 g/mol. The normalized spacial score (nSPS) is 12.9. The number of nitrogens with zero attached hydrogens (tertiary/aromatic N) is 3. The monoisotopic (exact) mass is 415 g/mol. The van der Waals surface area contributed by atoms with Gasteiger partial charge in [0.05, 0.1) is 6.04 Å². The third-order valence-corrected chi connectivity index (χ3v) is 4.52. The molecule has 1 heterocycles. The summed E-state index contributed by atoms with van der Waals surface area (Å²) in [5.41, 5.74) is 1.68. The van der Waals surface area contributed by atoms with Crippen molar-refractivity contribution in [1.29, 1.82) is 0 Å². The molecule has 0 aliphatic rings. The molecule has 0 aliphatic heterocycles.